The predicted molar refractivity (Wildman–Crippen MR) is 75.9 cm³/mol. The molecular formula is C13H22N4O. The van der Waals surface area contributed by atoms with Crippen LogP contribution in [0.2, 0.25) is 0 Å². The van der Waals surface area contributed by atoms with Crippen molar-refractivity contribution in [3.05, 3.63) is 23.8 Å². The highest BCUT2D eigenvalue weighted by molar-refractivity contribution is 5.95. The first-order valence-corrected chi connectivity index (χ1v) is 5.97. The molecule has 0 bridgehead atoms. The molecule has 18 heavy (non-hydrogen) atoms. The fourth-order valence-electron chi connectivity index (χ4n) is 1.84. The van der Waals surface area contributed by atoms with Gasteiger partial charge < -0.3 is 21.3 Å². The number of nitrogens with two attached hydrogens (primary N) is 1. The summed E-state index contributed by atoms with van der Waals surface area (Å²) < 4.78 is 0. The molecule has 1 aromatic rings. The molecule has 5 heteroatoms. The second kappa shape index (κ2) is 6.26. The smallest absolute Gasteiger partial charge is 0.251 e. The molecule has 0 aromatic heterocycles. The summed E-state index contributed by atoms with van der Waals surface area (Å²) in [4.78, 5) is 13.6. The van der Waals surface area contributed by atoms with Crippen molar-refractivity contribution < 1.29 is 4.79 Å². The minimum atomic E-state index is -0.130. The number of carbonyl (C=O) groups is 1. The maximum Gasteiger partial charge on any atom is 0.251 e. The van der Waals surface area contributed by atoms with Crippen LogP contribution in [0.1, 0.15) is 17.3 Å². The lowest BCUT2D eigenvalue weighted by atomic mass is 10.1. The first-order chi connectivity index (χ1) is 8.43. The molecule has 100 valence electrons. The van der Waals surface area contributed by atoms with Crippen LogP contribution in [0.3, 0.4) is 0 Å². The van der Waals surface area contributed by atoms with Crippen molar-refractivity contribution in [1.29, 1.82) is 0 Å². The Hall–Kier alpha value is -1.75. The third-order valence-electron chi connectivity index (χ3n) is 2.58. The van der Waals surface area contributed by atoms with Gasteiger partial charge in [-0.05, 0) is 39.2 Å². The van der Waals surface area contributed by atoms with Gasteiger partial charge in [0.25, 0.3) is 5.91 Å². The second-order valence-corrected chi connectivity index (χ2v) is 4.69. The summed E-state index contributed by atoms with van der Waals surface area (Å²) in [5, 5.41) is 5.90. The van der Waals surface area contributed by atoms with Crippen molar-refractivity contribution in [2.24, 2.45) is 0 Å². The second-order valence-electron chi connectivity index (χ2n) is 4.69. The summed E-state index contributed by atoms with van der Waals surface area (Å²) in [5.41, 5.74) is 7.95. The van der Waals surface area contributed by atoms with Gasteiger partial charge >= 0.3 is 0 Å². The summed E-state index contributed by atoms with van der Waals surface area (Å²) in [5.74, 6) is -0.130. The minimum Gasteiger partial charge on any atom is -0.397 e. The topological polar surface area (TPSA) is 70.4 Å². The van der Waals surface area contributed by atoms with Crippen LogP contribution in [0.4, 0.5) is 11.4 Å². The number of nitrogens with zero attached hydrogens (tertiary/aromatic N) is 1. The van der Waals surface area contributed by atoms with E-state index in [2.05, 4.69) is 22.5 Å². The van der Waals surface area contributed by atoms with E-state index >= 15 is 0 Å². The number of benzene rings is 1. The lowest BCUT2D eigenvalue weighted by Crippen LogP contribution is -2.30. The average Bonchev–Trinajstić information content (AvgIpc) is 2.29. The van der Waals surface area contributed by atoms with Crippen LogP contribution in [0.5, 0.6) is 0 Å². The van der Waals surface area contributed by atoms with Crippen LogP contribution in [-0.4, -0.2) is 44.5 Å². The number of amides is 1. The number of hydrogen-bond acceptors (Lipinski definition) is 4. The van der Waals surface area contributed by atoms with Gasteiger partial charge in [-0.15, -0.1) is 0 Å². The molecule has 0 aliphatic heterocycles. The highest BCUT2D eigenvalue weighted by Gasteiger charge is 2.09. The third-order valence-corrected chi connectivity index (χ3v) is 2.58. The average molecular weight is 250 g/mol. The van der Waals surface area contributed by atoms with Crippen LogP contribution >= 0.6 is 0 Å². The largest absolute Gasteiger partial charge is 0.397 e. The molecule has 1 aromatic carbocycles. The monoisotopic (exact) mass is 250 g/mol. The van der Waals surface area contributed by atoms with E-state index in [-0.39, 0.29) is 11.9 Å². The summed E-state index contributed by atoms with van der Waals surface area (Å²) in [6, 6.07) is 5.57. The zero-order valence-electron chi connectivity index (χ0n) is 11.4. The van der Waals surface area contributed by atoms with Gasteiger partial charge in [0.2, 0.25) is 0 Å². The molecule has 0 aliphatic rings. The van der Waals surface area contributed by atoms with E-state index in [1.807, 2.05) is 20.2 Å². The maximum absolute atomic E-state index is 11.5. The van der Waals surface area contributed by atoms with Gasteiger partial charge in [-0.3, -0.25) is 4.79 Å². The van der Waals surface area contributed by atoms with Gasteiger partial charge in [-0.25, -0.2) is 0 Å². The first-order valence-electron chi connectivity index (χ1n) is 5.97. The maximum atomic E-state index is 11.5. The Bertz CT molecular complexity index is 417. The molecule has 0 aliphatic carbocycles. The van der Waals surface area contributed by atoms with Crippen molar-refractivity contribution in [3.63, 3.8) is 0 Å². The van der Waals surface area contributed by atoms with Crippen LogP contribution in [-0.2, 0) is 0 Å². The van der Waals surface area contributed by atoms with Gasteiger partial charge in [0.1, 0.15) is 0 Å². The molecule has 0 spiro atoms. The molecule has 0 radical (unpaired) electrons. The fraction of sp³-hybridized carbons (Fsp3) is 0.462. The summed E-state index contributed by atoms with van der Waals surface area (Å²) in [6.45, 7) is 3.00. The Morgan fingerprint density at radius 2 is 2.11 bits per heavy atom. The number of rotatable bonds is 5. The lowest BCUT2D eigenvalue weighted by Gasteiger charge is -2.20. The number of anilines is 2. The standard InChI is InChI=1S/C13H22N4O/c1-9(8-17(3)4)16-12-6-5-10(7-11(12)14)13(18)15-2/h5-7,9,16H,8,14H2,1-4H3,(H,15,18). The normalized spacial score (nSPS) is 12.3. The van der Waals surface area contributed by atoms with Gasteiger partial charge in [0.05, 0.1) is 11.4 Å². The van der Waals surface area contributed by atoms with Crippen molar-refractivity contribution in [2.75, 3.05) is 38.7 Å². The molecule has 1 rings (SSSR count). The van der Waals surface area contributed by atoms with E-state index in [0.29, 0.717) is 11.3 Å². The van der Waals surface area contributed by atoms with Gasteiger partial charge in [0, 0.05) is 25.2 Å². The Morgan fingerprint density at radius 3 is 2.61 bits per heavy atom. The number of hydrogen-bond donors (Lipinski definition) is 3. The molecular weight excluding hydrogens is 228 g/mol. The van der Waals surface area contributed by atoms with Gasteiger partial charge in [-0.1, -0.05) is 0 Å². The Kier molecular flexibility index (Phi) is 4.97. The number of nitrogen functional groups attached to an aromatic ring is 1. The minimum absolute atomic E-state index is 0.130. The number of nitrogens with one attached hydrogen (secondary N) is 2. The molecule has 0 heterocycles. The lowest BCUT2D eigenvalue weighted by molar-refractivity contribution is 0.0963. The Labute approximate surface area is 108 Å². The van der Waals surface area contributed by atoms with Crippen LogP contribution in [0.15, 0.2) is 18.2 Å². The zero-order valence-corrected chi connectivity index (χ0v) is 11.4. The SMILES string of the molecule is CNC(=O)c1ccc(NC(C)CN(C)C)c(N)c1. The molecule has 5 nitrogen and oxygen atoms in total. The molecule has 0 saturated heterocycles. The number of carbonyl (C=O) groups excluding carboxylic acids is 1. The van der Waals surface area contributed by atoms with Gasteiger partial charge in [0.15, 0.2) is 0 Å². The van der Waals surface area contributed by atoms with Crippen LogP contribution in [0, 0.1) is 0 Å². The van der Waals surface area contributed by atoms with E-state index < -0.39 is 0 Å². The summed E-state index contributed by atoms with van der Waals surface area (Å²) >= 11 is 0. The van der Waals surface area contributed by atoms with Crippen LogP contribution < -0.4 is 16.4 Å². The van der Waals surface area contributed by atoms with Crippen molar-refractivity contribution in [1.82, 2.24) is 10.2 Å². The number of likely N-dealkylation sites (N-methyl/N-ethyl adjacent to an activating group) is 1. The molecule has 1 amide bonds. The van der Waals surface area contributed by atoms with E-state index in [9.17, 15) is 4.79 Å². The van der Waals surface area contributed by atoms with Crippen molar-refractivity contribution in [2.45, 2.75) is 13.0 Å². The quantitative estimate of drug-likeness (QED) is 0.682. The van der Waals surface area contributed by atoms with Crippen molar-refractivity contribution in [3.8, 4) is 0 Å². The van der Waals surface area contributed by atoms with E-state index in [1.165, 1.54) is 0 Å². The Morgan fingerprint density at radius 1 is 1.44 bits per heavy atom. The van der Waals surface area contributed by atoms with Crippen molar-refractivity contribution >= 4 is 17.3 Å². The first kappa shape index (κ1) is 14.3. The zero-order chi connectivity index (χ0) is 13.7. The molecule has 0 fully saturated rings. The highest BCUT2D eigenvalue weighted by atomic mass is 16.1. The molecule has 4 N–H and O–H groups in total. The summed E-state index contributed by atoms with van der Waals surface area (Å²) in [6.07, 6.45) is 0. The summed E-state index contributed by atoms with van der Waals surface area (Å²) in [7, 11) is 5.65. The van der Waals surface area contributed by atoms with Crippen LogP contribution in [0.25, 0.3) is 0 Å². The molecule has 0 saturated carbocycles. The highest BCUT2D eigenvalue weighted by Crippen LogP contribution is 2.20. The molecule has 1 atom stereocenters. The van der Waals surface area contributed by atoms with E-state index in [4.69, 9.17) is 5.73 Å². The Balaban J connectivity index is 2.76. The molecule has 1 unspecified atom stereocenters. The van der Waals surface area contributed by atoms with E-state index in [0.717, 1.165) is 12.2 Å². The third kappa shape index (κ3) is 3.92. The van der Waals surface area contributed by atoms with E-state index in [1.54, 1.807) is 19.2 Å². The van der Waals surface area contributed by atoms with Gasteiger partial charge in [-0.2, -0.15) is 0 Å². The fourth-order valence-corrected chi connectivity index (χ4v) is 1.84. The predicted octanol–water partition coefficient (Wildman–Crippen LogP) is 0.990.